The van der Waals surface area contributed by atoms with Gasteiger partial charge in [0.15, 0.2) is 0 Å². The maximum atomic E-state index is 10.9. The topological polar surface area (TPSA) is 26.3 Å². The molecule has 0 unspecified atom stereocenters. The molecular formula is C19H8O2. The number of esters is 1. The first-order valence-electron chi connectivity index (χ1n) is 5.42. The second-order valence-corrected chi connectivity index (χ2v) is 2.85. The van der Waals surface area contributed by atoms with E-state index >= 15 is 0 Å². The molecule has 0 aromatic heterocycles. The van der Waals surface area contributed by atoms with Gasteiger partial charge in [0.1, 0.15) is 5.57 Å². The van der Waals surface area contributed by atoms with Crippen molar-refractivity contribution < 1.29 is 9.53 Å². The monoisotopic (exact) mass is 268 g/mol. The molecule has 0 rings (SSSR count). The van der Waals surface area contributed by atoms with Crippen molar-refractivity contribution in [2.75, 3.05) is 7.11 Å². The molecule has 0 saturated heterocycles. The minimum atomic E-state index is -0.590. The standard InChI is InChI=1S/C19H8O2/c1-4-5-6-7-8-9-10-11-12-13-14-15-16-17-18(2)19(20)21-3/h2H2,1,3H3. The minimum absolute atomic E-state index is 0.0312. The van der Waals surface area contributed by atoms with Gasteiger partial charge in [-0.25, -0.2) is 4.79 Å². The third-order valence-corrected chi connectivity index (χ3v) is 1.46. The van der Waals surface area contributed by atoms with Crippen molar-refractivity contribution in [2.24, 2.45) is 0 Å². The van der Waals surface area contributed by atoms with Crippen LogP contribution in [0.4, 0.5) is 0 Å². The molecule has 0 fully saturated rings. The zero-order valence-corrected chi connectivity index (χ0v) is 11.5. The molecule has 2 nitrogen and oxygen atoms in total. The molecule has 0 aliphatic heterocycles. The van der Waals surface area contributed by atoms with Crippen LogP contribution in [0.3, 0.4) is 0 Å². The largest absolute Gasteiger partial charge is 0.465 e. The molecule has 0 spiro atoms. The van der Waals surface area contributed by atoms with E-state index in [0.717, 1.165) is 0 Å². The average molecular weight is 268 g/mol. The van der Waals surface area contributed by atoms with Gasteiger partial charge in [0.25, 0.3) is 0 Å². The zero-order chi connectivity index (χ0) is 15.8. The molecule has 0 amide bonds. The Balaban J connectivity index is 4.42. The van der Waals surface area contributed by atoms with Crippen molar-refractivity contribution in [3.05, 3.63) is 12.2 Å². The molecule has 0 aliphatic rings. The lowest BCUT2D eigenvalue weighted by molar-refractivity contribution is -0.135. The summed E-state index contributed by atoms with van der Waals surface area (Å²) in [6.07, 6.45) is 0. The van der Waals surface area contributed by atoms with Crippen LogP contribution < -0.4 is 0 Å². The Labute approximate surface area is 125 Å². The van der Waals surface area contributed by atoms with Gasteiger partial charge in [-0.3, -0.25) is 0 Å². The summed E-state index contributed by atoms with van der Waals surface area (Å²) in [6, 6.07) is 0. The number of hydrogen-bond acceptors (Lipinski definition) is 2. The minimum Gasteiger partial charge on any atom is -0.465 e. The molecule has 0 aromatic rings. The molecule has 96 valence electrons. The van der Waals surface area contributed by atoms with Gasteiger partial charge < -0.3 is 4.74 Å². The summed E-state index contributed by atoms with van der Waals surface area (Å²) < 4.78 is 4.41. The molecule has 2 heteroatoms. The van der Waals surface area contributed by atoms with Gasteiger partial charge in [0, 0.05) is 0 Å². The van der Waals surface area contributed by atoms with Crippen LogP contribution >= 0.6 is 0 Å². The Kier molecular flexibility index (Phi) is 10.3. The van der Waals surface area contributed by atoms with E-state index in [2.05, 4.69) is 94.2 Å². The summed E-state index contributed by atoms with van der Waals surface area (Å²) in [5.74, 6) is 34.1. The maximum Gasteiger partial charge on any atom is 0.345 e. The van der Waals surface area contributed by atoms with E-state index in [1.54, 1.807) is 6.92 Å². The predicted octanol–water partition coefficient (Wildman–Crippen LogP) is 0.759. The number of ether oxygens (including phenoxy) is 1. The highest BCUT2D eigenvalue weighted by atomic mass is 16.5. The summed E-state index contributed by atoms with van der Waals surface area (Å²) in [7, 11) is 1.25. The van der Waals surface area contributed by atoms with Crippen molar-refractivity contribution in [2.45, 2.75) is 6.92 Å². The van der Waals surface area contributed by atoms with E-state index in [-0.39, 0.29) is 5.57 Å². The lowest BCUT2D eigenvalue weighted by atomic mass is 10.3. The van der Waals surface area contributed by atoms with Crippen molar-refractivity contribution in [3.8, 4) is 82.9 Å². The smallest absolute Gasteiger partial charge is 0.345 e. The Hall–Kier alpha value is -3.87. The second-order valence-electron chi connectivity index (χ2n) is 2.85. The van der Waals surface area contributed by atoms with Crippen molar-refractivity contribution in [1.82, 2.24) is 0 Å². The fraction of sp³-hybridized carbons (Fsp3) is 0.105. The Bertz CT molecular complexity index is 851. The third kappa shape index (κ3) is 11.0. The van der Waals surface area contributed by atoms with Crippen LogP contribution in [0.2, 0.25) is 0 Å². The van der Waals surface area contributed by atoms with Gasteiger partial charge in [-0.05, 0) is 83.9 Å². The molecule has 0 bridgehead atoms. The molecule has 0 heterocycles. The van der Waals surface area contributed by atoms with Gasteiger partial charge in [-0.1, -0.05) is 12.5 Å². The quantitative estimate of drug-likeness (QED) is 0.399. The number of carbonyl (C=O) groups is 1. The van der Waals surface area contributed by atoms with Gasteiger partial charge in [-0.15, -0.1) is 0 Å². The SMILES string of the molecule is C=C(C#CC#CC#CC#CC#CC#CC#CC)C(=O)OC. The van der Waals surface area contributed by atoms with Crippen molar-refractivity contribution in [1.29, 1.82) is 0 Å². The van der Waals surface area contributed by atoms with Crippen LogP contribution in [-0.4, -0.2) is 13.1 Å². The molecule has 0 aliphatic carbocycles. The zero-order valence-electron chi connectivity index (χ0n) is 11.5. The third-order valence-electron chi connectivity index (χ3n) is 1.46. The molecule has 0 N–H and O–H groups in total. The van der Waals surface area contributed by atoms with Crippen LogP contribution in [0.5, 0.6) is 0 Å². The van der Waals surface area contributed by atoms with Crippen LogP contribution in [0.25, 0.3) is 0 Å². The van der Waals surface area contributed by atoms with Crippen LogP contribution in [0, 0.1) is 82.9 Å². The molecular weight excluding hydrogens is 260 g/mol. The number of rotatable bonds is 1. The predicted molar refractivity (Wildman–Crippen MR) is 81.3 cm³/mol. The summed E-state index contributed by atoms with van der Waals surface area (Å²) in [5, 5.41) is 0. The molecule has 0 radical (unpaired) electrons. The first kappa shape index (κ1) is 17.1. The number of hydrogen-bond donors (Lipinski definition) is 0. The van der Waals surface area contributed by atoms with E-state index in [1.807, 2.05) is 0 Å². The Morgan fingerprint density at radius 2 is 1.14 bits per heavy atom. The Morgan fingerprint density at radius 3 is 1.52 bits per heavy atom. The van der Waals surface area contributed by atoms with E-state index in [4.69, 9.17) is 0 Å². The number of carbonyl (C=O) groups excluding carboxylic acids is 1. The summed E-state index contributed by atoms with van der Waals surface area (Å²) in [6.45, 7) is 5.10. The summed E-state index contributed by atoms with van der Waals surface area (Å²) in [4.78, 5) is 10.9. The van der Waals surface area contributed by atoms with Gasteiger partial charge in [-0.2, -0.15) is 0 Å². The molecule has 0 aromatic carbocycles. The first-order valence-corrected chi connectivity index (χ1v) is 5.42. The molecule has 21 heavy (non-hydrogen) atoms. The fourth-order valence-electron chi connectivity index (χ4n) is 0.656. The van der Waals surface area contributed by atoms with E-state index in [0.29, 0.717) is 0 Å². The summed E-state index contributed by atoms with van der Waals surface area (Å²) in [5.41, 5.74) is 0.0312. The lowest BCUT2D eigenvalue weighted by Gasteiger charge is -1.91. The van der Waals surface area contributed by atoms with E-state index in [1.165, 1.54) is 7.11 Å². The van der Waals surface area contributed by atoms with Gasteiger partial charge in [0.05, 0.1) is 7.11 Å². The normalized spacial score (nSPS) is 5.24. The van der Waals surface area contributed by atoms with Crippen LogP contribution in [0.15, 0.2) is 12.2 Å². The maximum absolute atomic E-state index is 10.9. The van der Waals surface area contributed by atoms with Crippen molar-refractivity contribution >= 4 is 5.97 Å². The van der Waals surface area contributed by atoms with Crippen molar-refractivity contribution in [3.63, 3.8) is 0 Å². The Morgan fingerprint density at radius 1 is 0.762 bits per heavy atom. The highest BCUT2D eigenvalue weighted by Crippen LogP contribution is 1.88. The van der Waals surface area contributed by atoms with Crippen LogP contribution in [-0.2, 0) is 9.53 Å². The summed E-state index contributed by atoms with van der Waals surface area (Å²) >= 11 is 0. The molecule has 0 saturated carbocycles. The lowest BCUT2D eigenvalue weighted by Crippen LogP contribution is -2.00. The van der Waals surface area contributed by atoms with Gasteiger partial charge >= 0.3 is 5.97 Å². The first-order chi connectivity index (χ1) is 10.2. The second kappa shape index (κ2) is 12.6. The number of methoxy groups -OCH3 is 1. The average Bonchev–Trinajstić information content (AvgIpc) is 2.50. The fourth-order valence-corrected chi connectivity index (χ4v) is 0.656. The highest BCUT2D eigenvalue weighted by Gasteiger charge is 2.00. The van der Waals surface area contributed by atoms with E-state index < -0.39 is 5.97 Å². The van der Waals surface area contributed by atoms with Gasteiger partial charge in [0.2, 0.25) is 0 Å². The molecule has 0 atom stereocenters. The highest BCUT2D eigenvalue weighted by molar-refractivity contribution is 5.92. The van der Waals surface area contributed by atoms with E-state index in [9.17, 15) is 4.79 Å². The van der Waals surface area contributed by atoms with Crippen LogP contribution in [0.1, 0.15) is 6.92 Å².